The summed E-state index contributed by atoms with van der Waals surface area (Å²) in [4.78, 5) is 71.8. The van der Waals surface area contributed by atoms with Crippen LogP contribution in [0, 0.1) is 5.82 Å². The zero-order chi connectivity index (χ0) is 45.1. The van der Waals surface area contributed by atoms with Crippen LogP contribution < -0.4 is 21.5 Å². The molecule has 2 aromatic heterocycles. The van der Waals surface area contributed by atoms with Gasteiger partial charge in [-0.25, -0.2) is 28.0 Å². The molecule has 3 aromatic carbocycles. The zero-order valence-electron chi connectivity index (χ0n) is 35.1. The third-order valence-electron chi connectivity index (χ3n) is 9.95. The van der Waals surface area contributed by atoms with Gasteiger partial charge in [0.25, 0.3) is 17.4 Å². The van der Waals surface area contributed by atoms with Gasteiger partial charge in [0.05, 0.1) is 42.1 Å². The molecular weight excluding hydrogens is 822 g/mol. The molecule has 1 fully saturated rings. The summed E-state index contributed by atoms with van der Waals surface area (Å²) in [5, 5.41) is 16.1. The molecule has 0 unspecified atom stereocenters. The summed E-state index contributed by atoms with van der Waals surface area (Å²) < 4.78 is 52.0. The number of piperazine rings is 1. The third-order valence-corrected chi connectivity index (χ3v) is 9.95. The van der Waals surface area contributed by atoms with Gasteiger partial charge in [0, 0.05) is 69.3 Å². The molecule has 15 nitrogen and oxygen atoms in total. The Morgan fingerprint density at radius 1 is 0.857 bits per heavy atom. The molecule has 0 bridgehead atoms. The average Bonchev–Trinajstić information content (AvgIpc) is 3.25. The zero-order valence-corrected chi connectivity index (χ0v) is 35.1. The second kappa shape index (κ2) is 20.9. The lowest BCUT2D eigenvalue weighted by molar-refractivity contribution is -0.131. The maximum Gasteiger partial charge on any atom is 0.412 e. The third kappa shape index (κ3) is 12.7. The van der Waals surface area contributed by atoms with Crippen molar-refractivity contribution in [3.8, 4) is 11.1 Å². The SMILES string of the molecule is CC(C)(C)OC(=O)Nc1cc(-c2cccc(CC(F)F)c2)cnc1C(=O)NCCOCCNCC(=O)N1CCN(C(=O)c2cc(Cc3n[nH]c(=O)c4ccccc34)ccc2F)CC1. The summed E-state index contributed by atoms with van der Waals surface area (Å²) >= 11 is 0. The van der Waals surface area contributed by atoms with E-state index in [0.29, 0.717) is 45.3 Å². The Labute approximate surface area is 361 Å². The standard InChI is InChI=1S/C45H49F3N8O7/c1-45(2,3)63-44(61)52-37-25-31(30-8-6-7-28(21-30)24-38(47)48)26-51-40(37)42(59)50-14-20-62-19-13-49-27-39(57)55-15-17-56(18-16-55)43(60)34-22-29(11-12-35(34)46)23-36-32-9-4-5-10-33(32)41(58)54-53-36/h4-12,21-22,25-26,38,49H,13-20,23-24,27H2,1-3H3,(H,50,59)(H,52,61)(H,54,58). The van der Waals surface area contributed by atoms with Crippen LogP contribution in [0.1, 0.15) is 58.4 Å². The number of amides is 4. The highest BCUT2D eigenvalue weighted by molar-refractivity contribution is 6.02. The Morgan fingerprint density at radius 2 is 1.59 bits per heavy atom. The number of pyridine rings is 1. The van der Waals surface area contributed by atoms with Crippen LogP contribution in [0.15, 0.2) is 83.8 Å². The Kier molecular flexibility index (Phi) is 15.2. The van der Waals surface area contributed by atoms with Gasteiger partial charge in [0.15, 0.2) is 5.69 Å². The van der Waals surface area contributed by atoms with Gasteiger partial charge in [-0.1, -0.05) is 48.5 Å². The lowest BCUT2D eigenvalue weighted by Gasteiger charge is -2.35. The number of hydrogen-bond acceptors (Lipinski definition) is 10. The average molecular weight is 871 g/mol. The van der Waals surface area contributed by atoms with Crippen LogP contribution >= 0.6 is 0 Å². The molecule has 1 aliphatic heterocycles. The molecular formula is C45H49F3N8O7. The van der Waals surface area contributed by atoms with Crippen molar-refractivity contribution < 1.29 is 41.8 Å². The lowest BCUT2D eigenvalue weighted by Crippen LogP contribution is -2.52. The molecule has 0 saturated carbocycles. The molecule has 3 heterocycles. The summed E-state index contributed by atoms with van der Waals surface area (Å²) in [5.74, 6) is -1.90. The summed E-state index contributed by atoms with van der Waals surface area (Å²) in [6.07, 6.45) is -2.06. The first-order chi connectivity index (χ1) is 30.1. The van der Waals surface area contributed by atoms with Crippen molar-refractivity contribution in [3.05, 3.63) is 123 Å². The number of aromatic nitrogens is 3. The molecule has 4 amide bonds. The number of carbonyl (C=O) groups is 4. The van der Waals surface area contributed by atoms with Gasteiger partial charge in [-0.2, -0.15) is 5.10 Å². The monoisotopic (exact) mass is 870 g/mol. The van der Waals surface area contributed by atoms with Crippen molar-refractivity contribution in [2.24, 2.45) is 0 Å². The molecule has 0 atom stereocenters. The number of carbonyl (C=O) groups excluding carboxylic acids is 4. The number of alkyl halides is 2. The predicted molar refractivity (Wildman–Crippen MR) is 229 cm³/mol. The summed E-state index contributed by atoms with van der Waals surface area (Å²) in [6, 6.07) is 19.4. The van der Waals surface area contributed by atoms with Crippen molar-refractivity contribution >= 4 is 40.3 Å². The normalized spacial score (nSPS) is 13.0. The predicted octanol–water partition coefficient (Wildman–Crippen LogP) is 5.19. The molecule has 6 rings (SSSR count). The Bertz CT molecular complexity index is 2500. The van der Waals surface area contributed by atoms with Gasteiger partial charge in [-0.3, -0.25) is 24.5 Å². The van der Waals surface area contributed by atoms with Crippen molar-refractivity contribution in [2.45, 2.75) is 45.6 Å². The maximum atomic E-state index is 14.9. The van der Waals surface area contributed by atoms with Gasteiger partial charge in [-0.15, -0.1) is 0 Å². The second-order valence-corrected chi connectivity index (χ2v) is 15.8. The molecule has 18 heteroatoms. The summed E-state index contributed by atoms with van der Waals surface area (Å²) in [6.45, 7) is 6.91. The number of H-pyrrole nitrogens is 1. The van der Waals surface area contributed by atoms with E-state index in [-0.39, 0.29) is 87.3 Å². The number of nitrogens with zero attached hydrogens (tertiary/aromatic N) is 4. The number of nitrogens with one attached hydrogen (secondary N) is 4. The molecule has 332 valence electrons. The molecule has 4 N–H and O–H groups in total. The van der Waals surface area contributed by atoms with Crippen LogP contribution in [0.25, 0.3) is 21.9 Å². The first kappa shape index (κ1) is 45.9. The van der Waals surface area contributed by atoms with Gasteiger partial charge in [-0.05, 0) is 61.7 Å². The van der Waals surface area contributed by atoms with Crippen molar-refractivity contribution in [1.29, 1.82) is 0 Å². The number of fused-ring (bicyclic) bond motifs is 1. The van der Waals surface area contributed by atoms with E-state index in [2.05, 4.69) is 31.1 Å². The smallest absolute Gasteiger partial charge is 0.412 e. The van der Waals surface area contributed by atoms with Crippen LogP contribution in [0.5, 0.6) is 0 Å². The fraction of sp³-hybridized carbons (Fsp3) is 0.356. The first-order valence-electron chi connectivity index (χ1n) is 20.4. The van der Waals surface area contributed by atoms with Crippen LogP contribution in [0.2, 0.25) is 0 Å². The number of ether oxygens (including phenoxy) is 2. The molecule has 63 heavy (non-hydrogen) atoms. The molecule has 0 spiro atoms. The van der Waals surface area contributed by atoms with Gasteiger partial charge in [0.1, 0.15) is 11.4 Å². The van der Waals surface area contributed by atoms with Gasteiger partial charge >= 0.3 is 6.09 Å². The molecule has 1 aliphatic rings. The van der Waals surface area contributed by atoms with E-state index in [1.807, 2.05) is 0 Å². The van der Waals surface area contributed by atoms with E-state index < -0.39 is 42.2 Å². The number of anilines is 1. The minimum Gasteiger partial charge on any atom is -0.444 e. The van der Waals surface area contributed by atoms with Gasteiger partial charge in [0.2, 0.25) is 12.3 Å². The summed E-state index contributed by atoms with van der Waals surface area (Å²) in [7, 11) is 0. The van der Waals surface area contributed by atoms with Gasteiger partial charge < -0.3 is 29.9 Å². The quantitative estimate of drug-likeness (QED) is 0.0962. The fourth-order valence-corrected chi connectivity index (χ4v) is 6.92. The highest BCUT2D eigenvalue weighted by atomic mass is 19.3. The summed E-state index contributed by atoms with van der Waals surface area (Å²) in [5.41, 5.74) is 1.48. The molecule has 0 radical (unpaired) electrons. The van der Waals surface area contributed by atoms with E-state index >= 15 is 0 Å². The van der Waals surface area contributed by atoms with E-state index in [1.54, 1.807) is 80.3 Å². The second-order valence-electron chi connectivity index (χ2n) is 15.8. The topological polar surface area (TPSA) is 188 Å². The van der Waals surface area contributed by atoms with E-state index in [4.69, 9.17) is 9.47 Å². The van der Waals surface area contributed by atoms with Crippen LogP contribution in [0.3, 0.4) is 0 Å². The Hall–Kier alpha value is -6.66. The van der Waals surface area contributed by atoms with E-state index in [9.17, 15) is 37.1 Å². The van der Waals surface area contributed by atoms with Crippen molar-refractivity contribution in [1.82, 2.24) is 35.6 Å². The number of hydrogen-bond donors (Lipinski definition) is 4. The number of rotatable bonds is 16. The first-order valence-corrected chi connectivity index (χ1v) is 20.4. The van der Waals surface area contributed by atoms with Crippen LogP contribution in [-0.4, -0.2) is 120 Å². The minimum absolute atomic E-state index is 0.0315. The molecule has 1 saturated heterocycles. The fourth-order valence-electron chi connectivity index (χ4n) is 6.92. The number of aromatic amines is 1. The molecule has 0 aliphatic carbocycles. The Morgan fingerprint density at radius 3 is 2.33 bits per heavy atom. The maximum absolute atomic E-state index is 14.9. The number of halogens is 3. The van der Waals surface area contributed by atoms with Crippen LogP contribution in [0.4, 0.5) is 23.7 Å². The molecule has 5 aromatic rings. The van der Waals surface area contributed by atoms with E-state index in [1.165, 1.54) is 29.3 Å². The number of benzene rings is 3. The largest absolute Gasteiger partial charge is 0.444 e. The van der Waals surface area contributed by atoms with Crippen molar-refractivity contribution in [2.75, 3.05) is 64.3 Å². The van der Waals surface area contributed by atoms with Crippen molar-refractivity contribution in [3.63, 3.8) is 0 Å². The lowest BCUT2D eigenvalue weighted by atomic mass is 10.0. The Balaban J connectivity index is 0.919. The van der Waals surface area contributed by atoms with Crippen LogP contribution in [-0.2, 0) is 27.1 Å². The van der Waals surface area contributed by atoms with E-state index in [0.717, 1.165) is 0 Å². The highest BCUT2D eigenvalue weighted by Gasteiger charge is 2.27. The minimum atomic E-state index is -2.52. The highest BCUT2D eigenvalue weighted by Crippen LogP contribution is 2.27.